The summed E-state index contributed by atoms with van der Waals surface area (Å²) in [6, 6.07) is 0. The van der Waals surface area contributed by atoms with Crippen molar-refractivity contribution in [3.05, 3.63) is 0 Å². The summed E-state index contributed by atoms with van der Waals surface area (Å²) in [7, 11) is 0. The number of rotatable bonds is 1. The summed E-state index contributed by atoms with van der Waals surface area (Å²) in [5, 5.41) is 0.415. The van der Waals surface area contributed by atoms with Crippen molar-refractivity contribution in [2.75, 3.05) is 18.8 Å². The molecule has 0 spiro atoms. The van der Waals surface area contributed by atoms with Gasteiger partial charge in [0.2, 0.25) is 5.91 Å². The zero-order valence-corrected chi connectivity index (χ0v) is 9.02. The first-order chi connectivity index (χ1) is 5.65. The van der Waals surface area contributed by atoms with E-state index in [1.165, 1.54) is 0 Å². The van der Waals surface area contributed by atoms with E-state index in [-0.39, 0.29) is 5.91 Å². The fourth-order valence-electron chi connectivity index (χ4n) is 1.49. The van der Waals surface area contributed by atoms with E-state index in [2.05, 4.69) is 25.3 Å². The summed E-state index contributed by atoms with van der Waals surface area (Å²) in [5.74, 6) is 1.44. The van der Waals surface area contributed by atoms with Gasteiger partial charge in [0, 0.05) is 25.3 Å². The van der Waals surface area contributed by atoms with E-state index in [0.29, 0.717) is 11.2 Å². The van der Waals surface area contributed by atoms with Gasteiger partial charge in [0.1, 0.15) is 0 Å². The van der Waals surface area contributed by atoms with Crippen molar-refractivity contribution in [3.8, 4) is 0 Å². The SMILES string of the molecule is CC(=O)N1CCC(S)C(CS)C1. The van der Waals surface area contributed by atoms with Crippen LogP contribution in [0.5, 0.6) is 0 Å². The Bertz CT molecular complexity index is 174. The zero-order valence-electron chi connectivity index (χ0n) is 7.23. The average molecular weight is 205 g/mol. The Hall–Kier alpha value is 0.170. The molecule has 1 aliphatic rings. The van der Waals surface area contributed by atoms with Gasteiger partial charge in [0.05, 0.1) is 0 Å². The van der Waals surface area contributed by atoms with E-state index in [1.54, 1.807) is 6.92 Å². The molecule has 4 heteroatoms. The number of hydrogen-bond acceptors (Lipinski definition) is 3. The number of carbonyl (C=O) groups excluding carboxylic acids is 1. The molecule has 2 atom stereocenters. The van der Waals surface area contributed by atoms with Crippen molar-refractivity contribution in [1.29, 1.82) is 0 Å². The molecule has 0 radical (unpaired) electrons. The number of carbonyl (C=O) groups is 1. The van der Waals surface area contributed by atoms with Crippen LogP contribution in [0, 0.1) is 5.92 Å². The lowest BCUT2D eigenvalue weighted by Crippen LogP contribution is -2.44. The van der Waals surface area contributed by atoms with Gasteiger partial charge in [-0.15, -0.1) is 0 Å². The lowest BCUT2D eigenvalue weighted by atomic mass is 9.99. The molecule has 2 nitrogen and oxygen atoms in total. The van der Waals surface area contributed by atoms with Crippen molar-refractivity contribution in [1.82, 2.24) is 4.90 Å². The Morgan fingerprint density at radius 1 is 1.67 bits per heavy atom. The smallest absolute Gasteiger partial charge is 0.219 e. The third-order valence-electron chi connectivity index (χ3n) is 2.37. The Kier molecular flexibility index (Phi) is 3.77. The molecule has 0 aliphatic carbocycles. The first-order valence-electron chi connectivity index (χ1n) is 4.19. The fourth-order valence-corrected chi connectivity index (χ4v) is 2.34. The highest BCUT2D eigenvalue weighted by molar-refractivity contribution is 7.81. The summed E-state index contributed by atoms with van der Waals surface area (Å²) in [4.78, 5) is 12.9. The molecule has 2 unspecified atom stereocenters. The van der Waals surface area contributed by atoms with Gasteiger partial charge >= 0.3 is 0 Å². The molecule has 0 bridgehead atoms. The van der Waals surface area contributed by atoms with E-state index in [0.717, 1.165) is 25.3 Å². The molecular weight excluding hydrogens is 190 g/mol. The molecule has 0 aromatic heterocycles. The first kappa shape index (κ1) is 10.3. The minimum absolute atomic E-state index is 0.169. The molecule has 1 heterocycles. The second-order valence-corrected chi connectivity index (χ2v) is 4.29. The van der Waals surface area contributed by atoms with Crippen LogP contribution in [0.25, 0.3) is 0 Å². The molecule has 1 aliphatic heterocycles. The van der Waals surface area contributed by atoms with E-state index in [9.17, 15) is 4.79 Å². The van der Waals surface area contributed by atoms with Gasteiger partial charge in [0.25, 0.3) is 0 Å². The second-order valence-electron chi connectivity index (χ2n) is 3.26. The third-order valence-corrected chi connectivity index (χ3v) is 3.52. The van der Waals surface area contributed by atoms with Crippen LogP contribution in [-0.4, -0.2) is 34.9 Å². The minimum atomic E-state index is 0.169. The van der Waals surface area contributed by atoms with Crippen molar-refractivity contribution in [2.45, 2.75) is 18.6 Å². The average Bonchev–Trinajstić information content (AvgIpc) is 2.05. The Morgan fingerprint density at radius 3 is 2.83 bits per heavy atom. The van der Waals surface area contributed by atoms with Crippen LogP contribution in [0.3, 0.4) is 0 Å². The Labute approximate surface area is 84.5 Å². The minimum Gasteiger partial charge on any atom is -0.343 e. The highest BCUT2D eigenvalue weighted by Crippen LogP contribution is 2.22. The summed E-state index contributed by atoms with van der Waals surface area (Å²) < 4.78 is 0. The lowest BCUT2D eigenvalue weighted by molar-refractivity contribution is -0.130. The van der Waals surface area contributed by atoms with E-state index < -0.39 is 0 Å². The van der Waals surface area contributed by atoms with Crippen LogP contribution < -0.4 is 0 Å². The van der Waals surface area contributed by atoms with Gasteiger partial charge in [-0.25, -0.2) is 0 Å². The predicted molar refractivity (Wildman–Crippen MR) is 57.0 cm³/mol. The Morgan fingerprint density at radius 2 is 2.33 bits per heavy atom. The van der Waals surface area contributed by atoms with Crippen LogP contribution in [0.2, 0.25) is 0 Å². The third kappa shape index (κ3) is 2.33. The monoisotopic (exact) mass is 205 g/mol. The largest absolute Gasteiger partial charge is 0.343 e. The van der Waals surface area contributed by atoms with Gasteiger partial charge in [0.15, 0.2) is 0 Å². The number of piperidine rings is 1. The number of amides is 1. The number of likely N-dealkylation sites (tertiary alicyclic amines) is 1. The Balaban J connectivity index is 2.49. The maximum absolute atomic E-state index is 11.0. The number of hydrogen-bond donors (Lipinski definition) is 2. The maximum Gasteiger partial charge on any atom is 0.219 e. The molecule has 1 rings (SSSR count). The number of nitrogens with zero attached hydrogens (tertiary/aromatic N) is 1. The standard InChI is InChI=1S/C8H15NOS2/c1-6(10)9-3-2-8(12)7(4-9)5-11/h7-8,11-12H,2-5H2,1H3. The molecule has 0 N–H and O–H groups in total. The molecule has 1 amide bonds. The molecule has 12 heavy (non-hydrogen) atoms. The summed E-state index contributed by atoms with van der Waals surface area (Å²) >= 11 is 8.70. The van der Waals surface area contributed by atoms with Gasteiger partial charge in [-0.05, 0) is 18.1 Å². The summed E-state index contributed by atoms with van der Waals surface area (Å²) in [5.41, 5.74) is 0. The highest BCUT2D eigenvalue weighted by Gasteiger charge is 2.26. The van der Waals surface area contributed by atoms with Gasteiger partial charge in [-0.1, -0.05) is 0 Å². The van der Waals surface area contributed by atoms with Crippen LogP contribution >= 0.6 is 25.3 Å². The van der Waals surface area contributed by atoms with Crippen molar-refractivity contribution in [3.63, 3.8) is 0 Å². The summed E-state index contributed by atoms with van der Waals surface area (Å²) in [6.45, 7) is 3.30. The van der Waals surface area contributed by atoms with Crippen molar-refractivity contribution >= 4 is 31.2 Å². The normalized spacial score (nSPS) is 30.4. The maximum atomic E-state index is 11.0. The predicted octanol–water partition coefficient (Wildman–Crippen LogP) is 1.08. The topological polar surface area (TPSA) is 20.3 Å². The quantitative estimate of drug-likeness (QED) is 0.614. The molecule has 1 fully saturated rings. The van der Waals surface area contributed by atoms with E-state index >= 15 is 0 Å². The van der Waals surface area contributed by atoms with Crippen LogP contribution in [0.15, 0.2) is 0 Å². The molecule has 70 valence electrons. The van der Waals surface area contributed by atoms with Crippen molar-refractivity contribution in [2.24, 2.45) is 5.92 Å². The van der Waals surface area contributed by atoms with E-state index in [4.69, 9.17) is 0 Å². The highest BCUT2D eigenvalue weighted by atomic mass is 32.1. The molecular formula is C8H15NOS2. The van der Waals surface area contributed by atoms with Gasteiger partial charge < -0.3 is 4.90 Å². The van der Waals surface area contributed by atoms with Gasteiger partial charge in [-0.2, -0.15) is 25.3 Å². The molecule has 0 saturated carbocycles. The molecule has 0 aromatic rings. The number of thiol groups is 2. The van der Waals surface area contributed by atoms with Crippen LogP contribution in [-0.2, 0) is 4.79 Å². The molecule has 0 aromatic carbocycles. The molecule has 1 saturated heterocycles. The van der Waals surface area contributed by atoms with Crippen LogP contribution in [0.1, 0.15) is 13.3 Å². The zero-order chi connectivity index (χ0) is 9.14. The van der Waals surface area contributed by atoms with E-state index in [1.807, 2.05) is 4.90 Å². The van der Waals surface area contributed by atoms with Crippen molar-refractivity contribution < 1.29 is 4.79 Å². The van der Waals surface area contributed by atoms with Gasteiger partial charge in [-0.3, -0.25) is 4.79 Å². The lowest BCUT2D eigenvalue weighted by Gasteiger charge is -2.35. The fraction of sp³-hybridized carbons (Fsp3) is 0.875. The summed E-state index contributed by atoms with van der Waals surface area (Å²) in [6.07, 6.45) is 0.994. The second kappa shape index (κ2) is 4.42. The van der Waals surface area contributed by atoms with Crippen LogP contribution in [0.4, 0.5) is 0 Å². The first-order valence-corrected chi connectivity index (χ1v) is 5.34.